The second-order valence-electron chi connectivity index (χ2n) is 5.58. The van der Waals surface area contributed by atoms with Gasteiger partial charge in [0.1, 0.15) is 0 Å². The first-order valence-corrected chi connectivity index (χ1v) is 7.41. The van der Waals surface area contributed by atoms with Crippen LogP contribution in [0.3, 0.4) is 0 Å². The van der Waals surface area contributed by atoms with E-state index in [1.807, 2.05) is 37.4 Å². The zero-order chi connectivity index (χ0) is 15.1. The van der Waals surface area contributed by atoms with Crippen LogP contribution in [0.2, 0.25) is 0 Å². The Labute approximate surface area is 125 Å². The van der Waals surface area contributed by atoms with Crippen LogP contribution in [0, 0.1) is 5.92 Å². The van der Waals surface area contributed by atoms with Crippen LogP contribution in [0.15, 0.2) is 30.3 Å². The lowest BCUT2D eigenvalue weighted by Crippen LogP contribution is -2.40. The Morgan fingerprint density at radius 2 is 2.00 bits per heavy atom. The van der Waals surface area contributed by atoms with Gasteiger partial charge in [0.25, 0.3) is 0 Å². The summed E-state index contributed by atoms with van der Waals surface area (Å²) >= 11 is 0. The van der Waals surface area contributed by atoms with Crippen molar-refractivity contribution in [3.63, 3.8) is 0 Å². The Morgan fingerprint density at radius 1 is 1.24 bits per heavy atom. The molecule has 1 aromatic rings. The monoisotopic (exact) mass is 289 g/mol. The molecule has 21 heavy (non-hydrogen) atoms. The van der Waals surface area contributed by atoms with Crippen LogP contribution < -0.4 is 10.6 Å². The van der Waals surface area contributed by atoms with Gasteiger partial charge in [0.2, 0.25) is 11.8 Å². The third-order valence-corrected chi connectivity index (χ3v) is 3.72. The van der Waals surface area contributed by atoms with Crippen molar-refractivity contribution in [3.8, 4) is 0 Å². The minimum absolute atomic E-state index is 0.207. The van der Waals surface area contributed by atoms with E-state index in [-0.39, 0.29) is 18.2 Å². The number of rotatable bonds is 6. The predicted octanol–water partition coefficient (Wildman–Crippen LogP) is 0.413. The van der Waals surface area contributed by atoms with E-state index in [0.717, 1.165) is 31.6 Å². The lowest BCUT2D eigenvalue weighted by molar-refractivity contribution is -0.130. The van der Waals surface area contributed by atoms with Crippen molar-refractivity contribution in [2.24, 2.45) is 5.92 Å². The first-order chi connectivity index (χ1) is 10.2. The molecule has 0 aromatic heterocycles. The fraction of sp³-hybridized carbons (Fsp3) is 0.500. The minimum Gasteiger partial charge on any atom is -0.319 e. The molecule has 0 bridgehead atoms. The maximum Gasteiger partial charge on any atom is 0.240 e. The number of likely N-dealkylation sites (tertiary alicyclic amines) is 1. The van der Waals surface area contributed by atoms with Crippen molar-refractivity contribution in [1.82, 2.24) is 15.5 Å². The summed E-state index contributed by atoms with van der Waals surface area (Å²) in [5, 5.41) is 5.63. The van der Waals surface area contributed by atoms with Gasteiger partial charge in [-0.1, -0.05) is 30.3 Å². The number of amides is 2. The summed E-state index contributed by atoms with van der Waals surface area (Å²) in [7, 11) is 1.94. The van der Waals surface area contributed by atoms with Crippen LogP contribution in [0.25, 0.3) is 0 Å². The summed E-state index contributed by atoms with van der Waals surface area (Å²) in [6, 6.07) is 9.44. The predicted molar refractivity (Wildman–Crippen MR) is 81.8 cm³/mol. The molecule has 2 N–H and O–H groups in total. The van der Waals surface area contributed by atoms with Gasteiger partial charge in [0.15, 0.2) is 0 Å². The SMILES string of the molecule is CNCC1CCN(CC(=O)NC(=O)Cc2ccccc2)C1. The second kappa shape index (κ2) is 7.90. The fourth-order valence-electron chi connectivity index (χ4n) is 2.74. The lowest BCUT2D eigenvalue weighted by atomic mass is 10.1. The maximum atomic E-state index is 11.9. The second-order valence-corrected chi connectivity index (χ2v) is 5.58. The summed E-state index contributed by atoms with van der Waals surface area (Å²) in [6.07, 6.45) is 1.35. The van der Waals surface area contributed by atoms with Gasteiger partial charge >= 0.3 is 0 Å². The third-order valence-electron chi connectivity index (χ3n) is 3.72. The van der Waals surface area contributed by atoms with Gasteiger partial charge in [0.05, 0.1) is 13.0 Å². The first-order valence-electron chi connectivity index (χ1n) is 7.41. The molecular weight excluding hydrogens is 266 g/mol. The Hall–Kier alpha value is -1.72. The number of hydrogen-bond acceptors (Lipinski definition) is 4. The number of hydrogen-bond donors (Lipinski definition) is 2. The molecule has 0 spiro atoms. The van der Waals surface area contributed by atoms with E-state index in [1.165, 1.54) is 0 Å². The van der Waals surface area contributed by atoms with Crippen molar-refractivity contribution in [1.29, 1.82) is 0 Å². The molecule has 0 radical (unpaired) electrons. The molecule has 2 rings (SSSR count). The zero-order valence-electron chi connectivity index (χ0n) is 12.5. The number of imide groups is 1. The van der Waals surface area contributed by atoms with Gasteiger partial charge in [-0.05, 0) is 38.0 Å². The molecule has 5 nitrogen and oxygen atoms in total. The average molecular weight is 289 g/mol. The highest BCUT2D eigenvalue weighted by Gasteiger charge is 2.23. The summed E-state index contributed by atoms with van der Waals surface area (Å²) in [5.74, 6) is 0.154. The molecule has 5 heteroatoms. The van der Waals surface area contributed by atoms with E-state index >= 15 is 0 Å². The molecular formula is C16H23N3O2. The van der Waals surface area contributed by atoms with Crippen molar-refractivity contribution in [3.05, 3.63) is 35.9 Å². The van der Waals surface area contributed by atoms with E-state index in [0.29, 0.717) is 12.5 Å². The van der Waals surface area contributed by atoms with Crippen LogP contribution in [-0.2, 0) is 16.0 Å². The number of carbonyl (C=O) groups is 2. The first kappa shape index (κ1) is 15.7. The topological polar surface area (TPSA) is 61.4 Å². The van der Waals surface area contributed by atoms with Crippen LogP contribution in [0.4, 0.5) is 0 Å². The quantitative estimate of drug-likeness (QED) is 0.796. The summed E-state index contributed by atoms with van der Waals surface area (Å²) in [5.41, 5.74) is 0.915. The van der Waals surface area contributed by atoms with Gasteiger partial charge in [-0.15, -0.1) is 0 Å². The summed E-state index contributed by atoms with van der Waals surface area (Å²) in [4.78, 5) is 25.8. The molecule has 1 aliphatic heterocycles. The van der Waals surface area contributed by atoms with Crippen LogP contribution in [0.1, 0.15) is 12.0 Å². The number of benzene rings is 1. The van der Waals surface area contributed by atoms with Crippen molar-refractivity contribution < 1.29 is 9.59 Å². The molecule has 1 unspecified atom stereocenters. The fourth-order valence-corrected chi connectivity index (χ4v) is 2.74. The molecule has 1 aliphatic rings. The van der Waals surface area contributed by atoms with E-state index < -0.39 is 0 Å². The van der Waals surface area contributed by atoms with Crippen molar-refractivity contribution >= 4 is 11.8 Å². The van der Waals surface area contributed by atoms with Gasteiger partial charge in [-0.3, -0.25) is 19.8 Å². The standard InChI is InChI=1S/C16H23N3O2/c1-17-10-14-7-8-19(11-14)12-16(21)18-15(20)9-13-5-3-2-4-6-13/h2-6,14,17H,7-12H2,1H3,(H,18,20,21). The molecule has 1 saturated heterocycles. The highest BCUT2D eigenvalue weighted by atomic mass is 16.2. The zero-order valence-corrected chi connectivity index (χ0v) is 12.5. The minimum atomic E-state index is -0.239. The number of carbonyl (C=O) groups excluding carboxylic acids is 2. The molecule has 114 valence electrons. The Bertz CT molecular complexity index is 476. The van der Waals surface area contributed by atoms with Gasteiger partial charge < -0.3 is 5.32 Å². The van der Waals surface area contributed by atoms with E-state index in [2.05, 4.69) is 15.5 Å². The van der Waals surface area contributed by atoms with Gasteiger partial charge in [0, 0.05) is 6.54 Å². The molecule has 0 aliphatic carbocycles. The molecule has 1 aromatic carbocycles. The van der Waals surface area contributed by atoms with E-state index in [1.54, 1.807) is 0 Å². The van der Waals surface area contributed by atoms with Gasteiger partial charge in [-0.2, -0.15) is 0 Å². The highest BCUT2D eigenvalue weighted by molar-refractivity contribution is 5.96. The van der Waals surface area contributed by atoms with Gasteiger partial charge in [-0.25, -0.2) is 0 Å². The number of nitrogens with one attached hydrogen (secondary N) is 2. The smallest absolute Gasteiger partial charge is 0.240 e. The molecule has 2 amide bonds. The lowest BCUT2D eigenvalue weighted by Gasteiger charge is -2.15. The van der Waals surface area contributed by atoms with Crippen molar-refractivity contribution in [2.45, 2.75) is 12.8 Å². The highest BCUT2D eigenvalue weighted by Crippen LogP contribution is 2.14. The normalized spacial score (nSPS) is 18.6. The maximum absolute atomic E-state index is 11.9. The largest absolute Gasteiger partial charge is 0.319 e. The summed E-state index contributed by atoms with van der Waals surface area (Å²) in [6.45, 7) is 3.12. The number of nitrogens with zero attached hydrogens (tertiary/aromatic N) is 1. The van der Waals surface area contributed by atoms with Crippen LogP contribution >= 0.6 is 0 Å². The third kappa shape index (κ3) is 5.28. The molecule has 1 heterocycles. The molecule has 1 atom stereocenters. The van der Waals surface area contributed by atoms with Crippen molar-refractivity contribution in [2.75, 3.05) is 33.2 Å². The Balaban J connectivity index is 1.71. The van der Waals surface area contributed by atoms with E-state index in [9.17, 15) is 9.59 Å². The van der Waals surface area contributed by atoms with E-state index in [4.69, 9.17) is 0 Å². The average Bonchev–Trinajstić information content (AvgIpc) is 2.87. The van der Waals surface area contributed by atoms with Crippen LogP contribution in [-0.4, -0.2) is 49.9 Å². The molecule has 0 saturated carbocycles. The summed E-state index contributed by atoms with van der Waals surface area (Å²) < 4.78 is 0. The Morgan fingerprint density at radius 3 is 2.71 bits per heavy atom. The molecule has 1 fully saturated rings. The van der Waals surface area contributed by atoms with Crippen LogP contribution in [0.5, 0.6) is 0 Å². The Kier molecular flexibility index (Phi) is 5.90.